The van der Waals surface area contributed by atoms with Crippen LogP contribution in [-0.2, 0) is 6.54 Å². The summed E-state index contributed by atoms with van der Waals surface area (Å²) in [6.45, 7) is 0.665. The first-order valence-corrected chi connectivity index (χ1v) is 11.0. The Morgan fingerprint density at radius 1 is 1.09 bits per heavy atom. The fraction of sp³-hybridized carbons (Fsp3) is 0.182. The van der Waals surface area contributed by atoms with Gasteiger partial charge in [0, 0.05) is 43.0 Å². The van der Waals surface area contributed by atoms with Crippen LogP contribution in [0.15, 0.2) is 60.2 Å². The zero-order valence-corrected chi connectivity index (χ0v) is 18.4. The number of hydrogen-bond donors (Lipinski definition) is 4. The van der Waals surface area contributed by atoms with Gasteiger partial charge in [0.2, 0.25) is 5.06 Å². The molecule has 12 heteroatoms. The lowest BCUT2D eigenvalue weighted by Gasteiger charge is -2.13. The number of fused-ring (bicyclic) bond motifs is 1. The minimum Gasteiger partial charge on any atom is -0.405 e. The molecular weight excluding hydrogens is 471 g/mol. The summed E-state index contributed by atoms with van der Waals surface area (Å²) in [5.41, 5.74) is 2.53. The van der Waals surface area contributed by atoms with Crippen molar-refractivity contribution in [3.05, 3.63) is 65.8 Å². The molecule has 0 aliphatic heterocycles. The number of H-pyrrole nitrogens is 1. The third-order valence-electron chi connectivity index (χ3n) is 4.63. The van der Waals surface area contributed by atoms with Crippen LogP contribution in [0.5, 0.6) is 10.8 Å². The van der Waals surface area contributed by atoms with Crippen LogP contribution in [0.25, 0.3) is 11.0 Å². The van der Waals surface area contributed by atoms with Crippen LogP contribution < -0.4 is 25.4 Å². The zero-order valence-electron chi connectivity index (χ0n) is 17.6. The summed E-state index contributed by atoms with van der Waals surface area (Å²) in [7, 11) is 0. The molecule has 0 aliphatic carbocycles. The van der Waals surface area contributed by atoms with E-state index in [2.05, 4.69) is 30.7 Å². The highest BCUT2D eigenvalue weighted by molar-refractivity contribution is 7.12. The van der Waals surface area contributed by atoms with Crippen LogP contribution in [0.4, 0.5) is 29.3 Å². The second-order valence-electron chi connectivity index (χ2n) is 6.99. The van der Waals surface area contributed by atoms with Gasteiger partial charge < -0.3 is 30.4 Å². The van der Waals surface area contributed by atoms with E-state index >= 15 is 0 Å². The molecule has 0 saturated heterocycles. The van der Waals surface area contributed by atoms with Crippen LogP contribution in [0.1, 0.15) is 5.56 Å². The van der Waals surface area contributed by atoms with E-state index in [1.165, 1.54) is 29.5 Å². The number of anilines is 2. The molecule has 3 heterocycles. The minimum atomic E-state index is -4.76. The number of nitrogens with zero attached hydrogens (tertiary/aromatic N) is 1. The molecule has 0 bridgehead atoms. The van der Waals surface area contributed by atoms with Gasteiger partial charge in [0.25, 0.3) is 0 Å². The lowest BCUT2D eigenvalue weighted by molar-refractivity contribution is -0.274. The van der Waals surface area contributed by atoms with Gasteiger partial charge in [0.05, 0.1) is 11.4 Å². The average Bonchev–Trinajstić information content (AvgIpc) is 3.44. The predicted molar refractivity (Wildman–Crippen MR) is 123 cm³/mol. The van der Waals surface area contributed by atoms with Gasteiger partial charge in [-0.15, -0.1) is 24.5 Å². The average molecular weight is 491 g/mol. The Morgan fingerprint density at radius 3 is 2.79 bits per heavy atom. The number of ether oxygens (including phenoxy) is 2. The quantitative estimate of drug-likeness (QED) is 0.242. The molecule has 0 radical (unpaired) electrons. The van der Waals surface area contributed by atoms with Crippen LogP contribution in [0, 0.1) is 0 Å². The molecule has 0 saturated carbocycles. The molecule has 0 aliphatic rings. The van der Waals surface area contributed by atoms with E-state index in [0.717, 1.165) is 16.7 Å². The highest BCUT2D eigenvalue weighted by atomic mass is 32.1. The molecule has 0 fully saturated rings. The summed E-state index contributed by atoms with van der Waals surface area (Å²) < 4.78 is 46.9. The van der Waals surface area contributed by atoms with Crippen LogP contribution in [0.2, 0.25) is 0 Å². The molecule has 3 aromatic heterocycles. The van der Waals surface area contributed by atoms with Gasteiger partial charge in [-0.1, -0.05) is 18.2 Å². The monoisotopic (exact) mass is 491 g/mol. The van der Waals surface area contributed by atoms with Gasteiger partial charge in [-0.2, -0.15) is 0 Å². The Hall–Kier alpha value is -3.77. The molecule has 4 N–H and O–H groups in total. The number of rotatable bonds is 9. The van der Waals surface area contributed by atoms with Crippen molar-refractivity contribution >= 4 is 39.8 Å². The molecule has 178 valence electrons. The number of benzene rings is 1. The lowest BCUT2D eigenvalue weighted by atomic mass is 10.2. The van der Waals surface area contributed by atoms with Crippen molar-refractivity contribution in [2.45, 2.75) is 12.9 Å². The van der Waals surface area contributed by atoms with E-state index in [4.69, 9.17) is 4.74 Å². The van der Waals surface area contributed by atoms with Gasteiger partial charge in [-0.25, -0.2) is 9.78 Å². The number of amides is 1. The van der Waals surface area contributed by atoms with E-state index in [1.807, 2.05) is 12.1 Å². The molecule has 34 heavy (non-hydrogen) atoms. The van der Waals surface area contributed by atoms with Crippen molar-refractivity contribution in [1.29, 1.82) is 0 Å². The van der Waals surface area contributed by atoms with Gasteiger partial charge in [0.1, 0.15) is 11.4 Å². The number of alkyl halides is 3. The lowest BCUT2D eigenvalue weighted by Crippen LogP contribution is -2.33. The topological polar surface area (TPSA) is 100 Å². The summed E-state index contributed by atoms with van der Waals surface area (Å²) in [6.07, 6.45) is -1.95. The Kier molecular flexibility index (Phi) is 7.18. The molecular formula is C22H20F3N5O3S. The summed E-state index contributed by atoms with van der Waals surface area (Å²) in [5, 5.41) is 11.9. The van der Waals surface area contributed by atoms with Crippen molar-refractivity contribution in [1.82, 2.24) is 20.6 Å². The highest BCUT2D eigenvalue weighted by Crippen LogP contribution is 2.35. The molecule has 1 aromatic carbocycles. The summed E-state index contributed by atoms with van der Waals surface area (Å²) in [5.74, 6) is -0.265. The highest BCUT2D eigenvalue weighted by Gasteiger charge is 2.31. The normalized spacial score (nSPS) is 11.4. The second-order valence-corrected chi connectivity index (χ2v) is 7.87. The molecule has 0 spiro atoms. The Morgan fingerprint density at radius 2 is 1.94 bits per heavy atom. The van der Waals surface area contributed by atoms with Crippen LogP contribution in [-0.4, -0.2) is 35.5 Å². The van der Waals surface area contributed by atoms with Crippen molar-refractivity contribution in [2.24, 2.45) is 0 Å². The smallest absolute Gasteiger partial charge is 0.405 e. The van der Waals surface area contributed by atoms with Crippen LogP contribution >= 0.6 is 11.3 Å². The number of nitrogens with one attached hydrogen (secondary N) is 4. The predicted octanol–water partition coefficient (Wildman–Crippen LogP) is 5.14. The van der Waals surface area contributed by atoms with E-state index in [9.17, 15) is 18.0 Å². The van der Waals surface area contributed by atoms with Gasteiger partial charge in [-0.3, -0.25) is 0 Å². The SMILES string of the molecule is O=C(NCCNCc1ccccc1OC(F)(F)F)Oc1sccc1Nc1ccnc2[nH]ccc12. The molecule has 4 rings (SSSR count). The van der Waals surface area contributed by atoms with E-state index < -0.39 is 12.5 Å². The molecule has 4 aromatic rings. The number of thiophene rings is 1. The number of carbonyl (C=O) groups excluding carboxylic acids is 1. The summed E-state index contributed by atoms with van der Waals surface area (Å²) >= 11 is 1.26. The Balaban J connectivity index is 1.24. The first kappa shape index (κ1) is 23.4. The third-order valence-corrected chi connectivity index (χ3v) is 5.42. The Labute approximate surface area is 196 Å². The molecule has 0 unspecified atom stereocenters. The first-order valence-electron chi connectivity index (χ1n) is 10.2. The van der Waals surface area contributed by atoms with Gasteiger partial charge >= 0.3 is 12.5 Å². The summed E-state index contributed by atoms with van der Waals surface area (Å²) in [6, 6.07) is 11.4. The number of halogens is 3. The second kappa shape index (κ2) is 10.4. The molecule has 0 atom stereocenters. The number of pyridine rings is 1. The van der Waals surface area contributed by atoms with E-state index in [0.29, 0.717) is 22.9 Å². The van der Waals surface area contributed by atoms with Crippen molar-refractivity contribution in [2.75, 3.05) is 18.4 Å². The number of para-hydroxylation sites is 1. The number of carbonyl (C=O) groups is 1. The Bertz CT molecular complexity index is 1260. The maximum atomic E-state index is 12.5. The van der Waals surface area contributed by atoms with Crippen LogP contribution in [0.3, 0.4) is 0 Å². The third kappa shape index (κ3) is 6.17. The molecule has 8 nitrogen and oxygen atoms in total. The van der Waals surface area contributed by atoms with Crippen molar-refractivity contribution < 1.29 is 27.4 Å². The first-order chi connectivity index (χ1) is 16.4. The largest absolute Gasteiger partial charge is 0.573 e. The van der Waals surface area contributed by atoms with Crippen molar-refractivity contribution in [3.63, 3.8) is 0 Å². The fourth-order valence-corrected chi connectivity index (χ4v) is 3.85. The standard InChI is InChI=1S/C22H20F3N5O3S/c23-22(24,25)33-18-4-2-1-3-14(18)13-26-10-11-29-21(31)32-20-17(7-12-34-20)30-16-6-9-28-19-15(16)5-8-27-19/h1-9,12,26H,10-11,13H2,(H,29,31)(H2,27,28,30). The number of hydrogen-bond acceptors (Lipinski definition) is 7. The number of aromatic nitrogens is 2. The maximum Gasteiger partial charge on any atom is 0.573 e. The maximum absolute atomic E-state index is 12.5. The van der Waals surface area contributed by atoms with Crippen molar-refractivity contribution in [3.8, 4) is 10.8 Å². The van der Waals surface area contributed by atoms with E-state index in [1.54, 1.807) is 29.9 Å². The fourth-order valence-electron chi connectivity index (χ4n) is 3.15. The van der Waals surface area contributed by atoms with Gasteiger partial charge in [-0.05, 0) is 29.6 Å². The zero-order chi connectivity index (χ0) is 24.0. The number of aromatic amines is 1. The van der Waals surface area contributed by atoms with Gasteiger partial charge in [0.15, 0.2) is 0 Å². The minimum absolute atomic E-state index is 0.140. The molecule has 1 amide bonds. The van der Waals surface area contributed by atoms with E-state index in [-0.39, 0.29) is 18.8 Å². The summed E-state index contributed by atoms with van der Waals surface area (Å²) in [4.78, 5) is 19.5.